The van der Waals surface area contributed by atoms with Gasteiger partial charge < -0.3 is 15.1 Å². The maximum absolute atomic E-state index is 9.89. The Bertz CT molecular complexity index is 624. The Balaban J connectivity index is 1.62. The number of pyridine rings is 1. The van der Waals surface area contributed by atoms with Gasteiger partial charge in [-0.25, -0.2) is 0 Å². The van der Waals surface area contributed by atoms with E-state index in [1.54, 1.807) is 12.3 Å². The summed E-state index contributed by atoms with van der Waals surface area (Å²) in [6.07, 6.45) is 2.68. The molecule has 0 unspecified atom stereocenters. The van der Waals surface area contributed by atoms with Crippen LogP contribution in [-0.4, -0.2) is 70.9 Å². The van der Waals surface area contributed by atoms with Gasteiger partial charge in [0.1, 0.15) is 11.3 Å². The second kappa shape index (κ2) is 7.05. The van der Waals surface area contributed by atoms with E-state index in [1.807, 2.05) is 18.2 Å². The van der Waals surface area contributed by atoms with Crippen LogP contribution in [-0.2, 0) is 6.42 Å². The number of piperazine rings is 1. The maximum atomic E-state index is 9.89. The van der Waals surface area contributed by atoms with Crippen molar-refractivity contribution in [3.05, 3.63) is 36.0 Å². The highest BCUT2D eigenvalue weighted by molar-refractivity contribution is 5.87. The zero-order valence-electron chi connectivity index (χ0n) is 12.8. The van der Waals surface area contributed by atoms with Crippen LogP contribution in [0.25, 0.3) is 10.9 Å². The van der Waals surface area contributed by atoms with Crippen molar-refractivity contribution < 1.29 is 10.2 Å². The minimum atomic E-state index is 0.243. The zero-order valence-corrected chi connectivity index (χ0v) is 12.8. The average Bonchev–Trinajstić information content (AvgIpc) is 2.56. The molecule has 0 bridgehead atoms. The van der Waals surface area contributed by atoms with Crippen LogP contribution in [0.5, 0.6) is 5.75 Å². The summed E-state index contributed by atoms with van der Waals surface area (Å²) in [7, 11) is 0. The van der Waals surface area contributed by atoms with Crippen molar-refractivity contribution in [2.45, 2.75) is 6.42 Å². The van der Waals surface area contributed by atoms with Gasteiger partial charge in [0.05, 0.1) is 6.61 Å². The molecule has 0 saturated carbocycles. The fourth-order valence-electron chi connectivity index (χ4n) is 3.09. The van der Waals surface area contributed by atoms with Crippen molar-refractivity contribution in [1.82, 2.24) is 14.8 Å². The van der Waals surface area contributed by atoms with Crippen molar-refractivity contribution >= 4 is 10.9 Å². The summed E-state index contributed by atoms with van der Waals surface area (Å²) in [6, 6.07) is 7.68. The lowest BCUT2D eigenvalue weighted by atomic mass is 10.0. The Hall–Kier alpha value is -1.69. The molecule has 1 aliphatic rings. The molecule has 0 amide bonds. The summed E-state index contributed by atoms with van der Waals surface area (Å²) >= 11 is 0. The number of phenolic OH excluding ortho intramolecular Hbond substituents is 1. The highest BCUT2D eigenvalue weighted by atomic mass is 16.3. The van der Waals surface area contributed by atoms with E-state index in [-0.39, 0.29) is 12.4 Å². The first-order valence-electron chi connectivity index (χ1n) is 7.89. The van der Waals surface area contributed by atoms with Crippen molar-refractivity contribution in [3.63, 3.8) is 0 Å². The van der Waals surface area contributed by atoms with Gasteiger partial charge >= 0.3 is 0 Å². The van der Waals surface area contributed by atoms with Crippen LogP contribution in [0.1, 0.15) is 5.56 Å². The molecule has 2 N–H and O–H groups in total. The van der Waals surface area contributed by atoms with Crippen LogP contribution >= 0.6 is 0 Å². The highest BCUT2D eigenvalue weighted by Crippen LogP contribution is 2.25. The molecular weight excluding hydrogens is 278 g/mol. The molecule has 22 heavy (non-hydrogen) atoms. The number of fused-ring (bicyclic) bond motifs is 1. The van der Waals surface area contributed by atoms with Gasteiger partial charge in [-0.05, 0) is 24.1 Å². The second-order valence-electron chi connectivity index (χ2n) is 5.80. The number of nitrogens with zero attached hydrogens (tertiary/aromatic N) is 3. The number of aliphatic hydroxyl groups excluding tert-OH is 1. The van der Waals surface area contributed by atoms with E-state index in [0.29, 0.717) is 5.52 Å². The molecule has 3 rings (SSSR count). The van der Waals surface area contributed by atoms with Gasteiger partial charge in [0, 0.05) is 50.9 Å². The van der Waals surface area contributed by atoms with Crippen molar-refractivity contribution in [2.24, 2.45) is 0 Å². The first-order chi connectivity index (χ1) is 10.8. The molecule has 0 aliphatic carbocycles. The van der Waals surface area contributed by atoms with Crippen molar-refractivity contribution in [1.29, 1.82) is 0 Å². The molecule has 1 aliphatic heterocycles. The van der Waals surface area contributed by atoms with Crippen molar-refractivity contribution in [3.8, 4) is 5.75 Å². The Morgan fingerprint density at radius 1 is 1.00 bits per heavy atom. The molecule has 1 saturated heterocycles. The summed E-state index contributed by atoms with van der Waals surface area (Å²) in [6.45, 7) is 6.19. The lowest BCUT2D eigenvalue weighted by molar-refractivity contribution is 0.113. The second-order valence-corrected chi connectivity index (χ2v) is 5.80. The van der Waals surface area contributed by atoms with E-state index in [2.05, 4.69) is 14.8 Å². The number of hydrogen-bond donors (Lipinski definition) is 2. The number of benzene rings is 1. The molecule has 1 aromatic carbocycles. The lowest BCUT2D eigenvalue weighted by Gasteiger charge is -2.34. The standard InChI is InChI=1S/C17H23N3O2/c21-13-12-20-10-8-19(9-11-20)7-5-14-3-4-16(22)17-15(14)2-1-6-18-17/h1-4,6,21-22H,5,7-13H2. The molecule has 5 heteroatoms. The number of aromatic nitrogens is 1. The number of aromatic hydroxyl groups is 1. The molecule has 0 atom stereocenters. The molecule has 2 heterocycles. The lowest BCUT2D eigenvalue weighted by Crippen LogP contribution is -2.47. The predicted octanol–water partition coefficient (Wildman–Crippen LogP) is 1.09. The minimum absolute atomic E-state index is 0.243. The molecule has 5 nitrogen and oxygen atoms in total. The quantitative estimate of drug-likeness (QED) is 0.866. The average molecular weight is 301 g/mol. The maximum Gasteiger partial charge on any atom is 0.141 e. The van der Waals surface area contributed by atoms with Crippen LogP contribution in [0.4, 0.5) is 0 Å². The molecule has 2 aromatic rings. The van der Waals surface area contributed by atoms with Crippen LogP contribution in [0.15, 0.2) is 30.5 Å². The van der Waals surface area contributed by atoms with E-state index in [0.717, 1.165) is 51.1 Å². The third kappa shape index (κ3) is 3.38. The van der Waals surface area contributed by atoms with E-state index in [4.69, 9.17) is 5.11 Å². The topological polar surface area (TPSA) is 59.8 Å². The molecule has 0 radical (unpaired) electrons. The molecule has 1 aromatic heterocycles. The van der Waals surface area contributed by atoms with Gasteiger partial charge in [-0.15, -0.1) is 0 Å². The van der Waals surface area contributed by atoms with E-state index in [9.17, 15) is 5.11 Å². The summed E-state index contributed by atoms with van der Waals surface area (Å²) in [4.78, 5) is 9.04. The largest absolute Gasteiger partial charge is 0.506 e. The number of hydrogen-bond acceptors (Lipinski definition) is 5. The van der Waals surface area contributed by atoms with E-state index >= 15 is 0 Å². The summed E-state index contributed by atoms with van der Waals surface area (Å²) in [5.74, 6) is 0.247. The van der Waals surface area contributed by atoms with Gasteiger partial charge in [-0.3, -0.25) is 9.88 Å². The first-order valence-corrected chi connectivity index (χ1v) is 7.89. The number of phenols is 1. The van der Waals surface area contributed by atoms with Gasteiger partial charge in [0.25, 0.3) is 0 Å². The Morgan fingerprint density at radius 3 is 2.45 bits per heavy atom. The SMILES string of the molecule is OCCN1CCN(CCc2ccc(O)c3ncccc23)CC1. The number of aliphatic hydroxyl groups is 1. The third-order valence-corrected chi connectivity index (χ3v) is 4.42. The number of rotatable bonds is 5. The molecular formula is C17H23N3O2. The Kier molecular flexibility index (Phi) is 4.87. The molecule has 1 fully saturated rings. The van der Waals surface area contributed by atoms with Gasteiger partial charge in [-0.1, -0.05) is 12.1 Å². The molecule has 118 valence electrons. The number of β-amino-alcohol motifs (C(OH)–C–C–N with tert-alkyl or cyclic N) is 1. The van der Waals surface area contributed by atoms with Crippen LogP contribution in [0.2, 0.25) is 0 Å². The Morgan fingerprint density at radius 2 is 1.73 bits per heavy atom. The first kappa shape index (κ1) is 15.2. The normalized spacial score (nSPS) is 17.1. The molecule has 0 spiro atoms. The van der Waals surface area contributed by atoms with Gasteiger partial charge in [0.15, 0.2) is 0 Å². The van der Waals surface area contributed by atoms with E-state index in [1.165, 1.54) is 5.56 Å². The Labute approximate surface area is 130 Å². The van der Waals surface area contributed by atoms with Crippen LogP contribution in [0.3, 0.4) is 0 Å². The zero-order chi connectivity index (χ0) is 15.4. The van der Waals surface area contributed by atoms with Gasteiger partial charge in [0.2, 0.25) is 0 Å². The smallest absolute Gasteiger partial charge is 0.141 e. The van der Waals surface area contributed by atoms with Crippen LogP contribution < -0.4 is 0 Å². The van der Waals surface area contributed by atoms with Gasteiger partial charge in [-0.2, -0.15) is 0 Å². The summed E-state index contributed by atoms with van der Waals surface area (Å²) in [5, 5.41) is 19.9. The van der Waals surface area contributed by atoms with Crippen LogP contribution in [0, 0.1) is 0 Å². The third-order valence-electron chi connectivity index (χ3n) is 4.42. The monoisotopic (exact) mass is 301 g/mol. The predicted molar refractivity (Wildman–Crippen MR) is 87.1 cm³/mol. The van der Waals surface area contributed by atoms with Crippen molar-refractivity contribution in [2.75, 3.05) is 45.9 Å². The summed E-state index contributed by atoms with van der Waals surface area (Å²) in [5.41, 5.74) is 1.92. The fourth-order valence-corrected chi connectivity index (χ4v) is 3.09. The summed E-state index contributed by atoms with van der Waals surface area (Å²) < 4.78 is 0. The highest BCUT2D eigenvalue weighted by Gasteiger charge is 2.16. The van der Waals surface area contributed by atoms with E-state index < -0.39 is 0 Å². The fraction of sp³-hybridized carbons (Fsp3) is 0.471. The minimum Gasteiger partial charge on any atom is -0.506 e.